The summed E-state index contributed by atoms with van der Waals surface area (Å²) in [6, 6.07) is 10.5. The van der Waals surface area contributed by atoms with E-state index < -0.39 is 11.3 Å². The van der Waals surface area contributed by atoms with Gasteiger partial charge in [0.25, 0.3) is 5.91 Å². The molecule has 3 rings (SSSR count). The first kappa shape index (κ1) is 17.4. The molecule has 0 aliphatic rings. The first-order valence-electron chi connectivity index (χ1n) is 7.60. The molecule has 3 aromatic rings. The Balaban J connectivity index is 1.99. The van der Waals surface area contributed by atoms with Crippen molar-refractivity contribution in [2.75, 3.05) is 7.05 Å². The molecule has 0 N–H and O–H groups in total. The highest BCUT2D eigenvalue weighted by atomic mass is 35.5. The lowest BCUT2D eigenvalue weighted by atomic mass is 10.2. The molecule has 0 aliphatic heterocycles. The minimum Gasteiger partial charge on any atom is -0.336 e. The lowest BCUT2D eigenvalue weighted by Gasteiger charge is -2.17. The monoisotopic (exact) mass is 373 g/mol. The molecule has 0 saturated carbocycles. The summed E-state index contributed by atoms with van der Waals surface area (Å²) >= 11 is 7.79. The summed E-state index contributed by atoms with van der Waals surface area (Å²) < 4.78 is 1.52. The van der Waals surface area contributed by atoms with Crippen molar-refractivity contribution in [2.24, 2.45) is 0 Å². The number of thiophene rings is 1. The van der Waals surface area contributed by atoms with Gasteiger partial charge in [0.1, 0.15) is 0 Å². The summed E-state index contributed by atoms with van der Waals surface area (Å²) in [5.41, 5.74) is 1.72. The highest BCUT2D eigenvalue weighted by Crippen LogP contribution is 2.20. The van der Waals surface area contributed by atoms with E-state index in [0.29, 0.717) is 22.9 Å². The number of aromatic nitrogens is 2. The maximum atomic E-state index is 12.7. The second-order valence-corrected chi connectivity index (χ2v) is 6.84. The molecule has 0 unspecified atom stereocenters. The second kappa shape index (κ2) is 7.21. The molecule has 0 bridgehead atoms. The van der Waals surface area contributed by atoms with E-state index in [1.165, 1.54) is 15.6 Å². The van der Waals surface area contributed by atoms with Crippen LogP contribution < -0.4 is 5.43 Å². The number of amides is 1. The molecular formula is C18H16ClN3O2S. The van der Waals surface area contributed by atoms with Gasteiger partial charge in [-0.1, -0.05) is 23.7 Å². The van der Waals surface area contributed by atoms with Gasteiger partial charge in [0.2, 0.25) is 5.43 Å². The van der Waals surface area contributed by atoms with Gasteiger partial charge in [-0.3, -0.25) is 9.59 Å². The predicted octanol–water partition coefficient (Wildman–Crippen LogP) is 3.53. The van der Waals surface area contributed by atoms with Crippen LogP contribution in [0.1, 0.15) is 21.7 Å². The first-order chi connectivity index (χ1) is 12.0. The molecule has 0 radical (unpaired) electrons. The number of benzene rings is 1. The average Bonchev–Trinajstić information content (AvgIpc) is 3.08. The quantitative estimate of drug-likeness (QED) is 0.703. The molecule has 128 valence electrons. The van der Waals surface area contributed by atoms with Gasteiger partial charge >= 0.3 is 0 Å². The Morgan fingerprint density at radius 3 is 2.76 bits per heavy atom. The number of para-hydroxylation sites is 1. The van der Waals surface area contributed by atoms with E-state index in [0.717, 1.165) is 5.56 Å². The van der Waals surface area contributed by atoms with Crippen LogP contribution in [-0.4, -0.2) is 27.6 Å². The molecule has 25 heavy (non-hydrogen) atoms. The van der Waals surface area contributed by atoms with E-state index in [-0.39, 0.29) is 5.69 Å². The largest absolute Gasteiger partial charge is 0.336 e. The van der Waals surface area contributed by atoms with Gasteiger partial charge in [0, 0.05) is 25.4 Å². The Bertz CT molecular complexity index is 967. The summed E-state index contributed by atoms with van der Waals surface area (Å²) in [4.78, 5) is 26.5. The second-order valence-electron chi connectivity index (χ2n) is 5.65. The standard InChI is InChI=1S/C18H16ClN3O2S/c1-12-9-16(23)17(18(24)21(2)10-13-7-8-25-11-13)20-22(12)15-6-4-3-5-14(15)19/h3-9,11H,10H2,1-2H3. The third-order valence-electron chi connectivity index (χ3n) is 3.74. The zero-order chi connectivity index (χ0) is 18.0. The van der Waals surface area contributed by atoms with Crippen LogP contribution in [0.15, 0.2) is 52.0 Å². The topological polar surface area (TPSA) is 55.2 Å². The third kappa shape index (κ3) is 3.65. The molecular weight excluding hydrogens is 358 g/mol. The zero-order valence-electron chi connectivity index (χ0n) is 13.8. The van der Waals surface area contributed by atoms with Crippen LogP contribution in [0, 0.1) is 6.92 Å². The molecule has 1 aromatic carbocycles. The van der Waals surface area contributed by atoms with Crippen LogP contribution in [0.3, 0.4) is 0 Å². The molecule has 5 nitrogen and oxygen atoms in total. The van der Waals surface area contributed by atoms with E-state index in [2.05, 4.69) is 5.10 Å². The van der Waals surface area contributed by atoms with Crippen LogP contribution in [0.4, 0.5) is 0 Å². The van der Waals surface area contributed by atoms with Gasteiger partial charge in [-0.05, 0) is 41.4 Å². The fourth-order valence-corrected chi connectivity index (χ4v) is 3.35. The summed E-state index contributed by atoms with van der Waals surface area (Å²) in [6.45, 7) is 2.17. The lowest BCUT2D eigenvalue weighted by Crippen LogP contribution is -2.33. The maximum Gasteiger partial charge on any atom is 0.278 e. The van der Waals surface area contributed by atoms with Crippen molar-refractivity contribution < 1.29 is 4.79 Å². The minimum absolute atomic E-state index is 0.122. The Hall–Kier alpha value is -2.44. The number of rotatable bonds is 4. The number of nitrogens with zero attached hydrogens (tertiary/aromatic N) is 3. The molecule has 0 atom stereocenters. The van der Waals surface area contributed by atoms with Crippen LogP contribution in [0.5, 0.6) is 0 Å². The highest BCUT2D eigenvalue weighted by molar-refractivity contribution is 7.07. The Morgan fingerprint density at radius 2 is 2.08 bits per heavy atom. The number of hydrogen-bond donors (Lipinski definition) is 0. The predicted molar refractivity (Wildman–Crippen MR) is 99.7 cm³/mol. The van der Waals surface area contributed by atoms with Gasteiger partial charge < -0.3 is 4.90 Å². The van der Waals surface area contributed by atoms with E-state index >= 15 is 0 Å². The minimum atomic E-state index is -0.419. The van der Waals surface area contributed by atoms with Crippen molar-refractivity contribution >= 4 is 28.8 Å². The van der Waals surface area contributed by atoms with Crippen molar-refractivity contribution in [3.05, 3.63) is 79.4 Å². The van der Waals surface area contributed by atoms with Gasteiger partial charge in [-0.2, -0.15) is 16.4 Å². The number of carbonyl (C=O) groups excluding carboxylic acids is 1. The van der Waals surface area contributed by atoms with Crippen molar-refractivity contribution in [3.8, 4) is 5.69 Å². The lowest BCUT2D eigenvalue weighted by molar-refractivity contribution is 0.0776. The maximum absolute atomic E-state index is 12.7. The summed E-state index contributed by atoms with van der Waals surface area (Å²) in [7, 11) is 1.65. The molecule has 0 saturated heterocycles. The first-order valence-corrected chi connectivity index (χ1v) is 8.92. The van der Waals surface area contributed by atoms with E-state index in [1.807, 2.05) is 29.0 Å². The van der Waals surface area contributed by atoms with Crippen molar-refractivity contribution in [2.45, 2.75) is 13.5 Å². The summed E-state index contributed by atoms with van der Waals surface area (Å²) in [6.07, 6.45) is 0. The van der Waals surface area contributed by atoms with Gasteiger partial charge in [-0.25, -0.2) is 4.68 Å². The van der Waals surface area contributed by atoms with Crippen LogP contribution >= 0.6 is 22.9 Å². The van der Waals surface area contributed by atoms with E-state index in [4.69, 9.17) is 11.6 Å². The van der Waals surface area contributed by atoms with E-state index in [9.17, 15) is 9.59 Å². The molecule has 2 aromatic heterocycles. The van der Waals surface area contributed by atoms with Crippen molar-refractivity contribution in [1.29, 1.82) is 0 Å². The highest BCUT2D eigenvalue weighted by Gasteiger charge is 2.20. The fourth-order valence-electron chi connectivity index (χ4n) is 2.47. The number of carbonyl (C=O) groups is 1. The summed E-state index contributed by atoms with van der Waals surface area (Å²) in [5, 5.41) is 8.69. The normalized spacial score (nSPS) is 10.7. The Labute approximate surface area is 154 Å². The SMILES string of the molecule is Cc1cc(=O)c(C(=O)N(C)Cc2ccsc2)nn1-c1ccccc1Cl. The zero-order valence-corrected chi connectivity index (χ0v) is 15.3. The number of aryl methyl sites for hydroxylation is 1. The average molecular weight is 374 g/mol. The number of hydrogen-bond acceptors (Lipinski definition) is 4. The van der Waals surface area contributed by atoms with Gasteiger partial charge in [0.15, 0.2) is 5.69 Å². The van der Waals surface area contributed by atoms with Crippen molar-refractivity contribution in [1.82, 2.24) is 14.7 Å². The fraction of sp³-hybridized carbons (Fsp3) is 0.167. The smallest absolute Gasteiger partial charge is 0.278 e. The molecule has 1 amide bonds. The molecule has 0 spiro atoms. The Kier molecular flexibility index (Phi) is 5.01. The van der Waals surface area contributed by atoms with Crippen LogP contribution in [-0.2, 0) is 6.54 Å². The van der Waals surface area contributed by atoms with Gasteiger partial charge in [0.05, 0.1) is 10.7 Å². The number of halogens is 1. The molecule has 2 heterocycles. The Morgan fingerprint density at radius 1 is 1.32 bits per heavy atom. The van der Waals surface area contributed by atoms with E-state index in [1.54, 1.807) is 37.4 Å². The molecule has 0 aliphatic carbocycles. The van der Waals surface area contributed by atoms with Crippen LogP contribution in [0.2, 0.25) is 5.02 Å². The third-order valence-corrected chi connectivity index (χ3v) is 4.79. The van der Waals surface area contributed by atoms with Crippen LogP contribution in [0.25, 0.3) is 5.69 Å². The van der Waals surface area contributed by atoms with Crippen molar-refractivity contribution in [3.63, 3.8) is 0 Å². The van der Waals surface area contributed by atoms with Gasteiger partial charge in [-0.15, -0.1) is 0 Å². The molecule has 0 fully saturated rings. The molecule has 7 heteroatoms. The summed E-state index contributed by atoms with van der Waals surface area (Å²) in [5.74, 6) is -0.419.